The second kappa shape index (κ2) is 5.75. The lowest BCUT2D eigenvalue weighted by Crippen LogP contribution is -2.41. The molecular weight excluding hydrogens is 270 g/mol. The Kier molecular flexibility index (Phi) is 3.97. The van der Waals surface area contributed by atoms with Crippen LogP contribution < -0.4 is 0 Å². The molecule has 0 bridgehead atoms. The Morgan fingerprint density at radius 2 is 2.24 bits per heavy atom. The summed E-state index contributed by atoms with van der Waals surface area (Å²) in [7, 11) is 1.75. The van der Waals surface area contributed by atoms with Gasteiger partial charge in [0.25, 0.3) is 0 Å². The standard InChI is InChI=1S/C16H21NO4/c1-20-14-10-17(11-16(14)7-2-8-21-16)9-12-3-5-13(6-4-12)15(18)19/h3-6,14H,2,7-11H2,1H3,(H,18,19)/t14-,16-/m0/s1. The molecule has 1 spiro atoms. The van der Waals surface area contributed by atoms with Crippen LogP contribution in [0.15, 0.2) is 24.3 Å². The fourth-order valence-electron chi connectivity index (χ4n) is 3.46. The van der Waals surface area contributed by atoms with E-state index >= 15 is 0 Å². The highest BCUT2D eigenvalue weighted by Crippen LogP contribution is 2.37. The zero-order chi connectivity index (χ0) is 14.9. The van der Waals surface area contributed by atoms with E-state index in [1.54, 1.807) is 19.2 Å². The van der Waals surface area contributed by atoms with E-state index in [9.17, 15) is 4.79 Å². The van der Waals surface area contributed by atoms with Crippen LogP contribution in [0.4, 0.5) is 0 Å². The Hall–Kier alpha value is -1.43. The number of carbonyl (C=O) groups is 1. The highest BCUT2D eigenvalue weighted by Gasteiger charge is 2.49. The van der Waals surface area contributed by atoms with Crippen molar-refractivity contribution in [3.8, 4) is 0 Å². The number of nitrogens with zero attached hydrogens (tertiary/aromatic N) is 1. The maximum atomic E-state index is 10.9. The molecule has 3 rings (SSSR count). The molecular formula is C16H21NO4. The number of rotatable bonds is 4. The molecule has 114 valence electrons. The van der Waals surface area contributed by atoms with Gasteiger partial charge in [-0.25, -0.2) is 4.79 Å². The number of hydrogen-bond donors (Lipinski definition) is 1. The summed E-state index contributed by atoms with van der Waals surface area (Å²) in [6.07, 6.45) is 2.28. The molecule has 2 atom stereocenters. The molecule has 2 aliphatic rings. The minimum atomic E-state index is -0.888. The lowest BCUT2D eigenvalue weighted by atomic mass is 9.96. The van der Waals surface area contributed by atoms with Gasteiger partial charge in [0.15, 0.2) is 0 Å². The zero-order valence-corrected chi connectivity index (χ0v) is 12.2. The maximum Gasteiger partial charge on any atom is 0.335 e. The van der Waals surface area contributed by atoms with Gasteiger partial charge in [0.05, 0.1) is 11.7 Å². The Balaban J connectivity index is 1.67. The number of carboxylic acids is 1. The van der Waals surface area contributed by atoms with E-state index in [2.05, 4.69) is 4.90 Å². The van der Waals surface area contributed by atoms with Gasteiger partial charge < -0.3 is 14.6 Å². The first kappa shape index (κ1) is 14.5. The quantitative estimate of drug-likeness (QED) is 0.916. The van der Waals surface area contributed by atoms with E-state index in [1.165, 1.54) is 0 Å². The first-order valence-electron chi connectivity index (χ1n) is 7.34. The first-order chi connectivity index (χ1) is 10.1. The molecule has 2 fully saturated rings. The summed E-state index contributed by atoms with van der Waals surface area (Å²) in [5, 5.41) is 8.92. The second-order valence-electron chi connectivity index (χ2n) is 5.91. The predicted octanol–water partition coefficient (Wildman–Crippen LogP) is 1.76. The fraction of sp³-hybridized carbons (Fsp3) is 0.562. The summed E-state index contributed by atoms with van der Waals surface area (Å²) in [6, 6.07) is 7.07. The van der Waals surface area contributed by atoms with Crippen LogP contribution >= 0.6 is 0 Å². The van der Waals surface area contributed by atoms with Gasteiger partial charge >= 0.3 is 5.97 Å². The molecule has 0 aliphatic carbocycles. The Labute approximate surface area is 124 Å². The fourth-order valence-corrected chi connectivity index (χ4v) is 3.46. The number of carboxylic acid groups (broad SMARTS) is 1. The van der Waals surface area contributed by atoms with Gasteiger partial charge in [0.1, 0.15) is 5.60 Å². The van der Waals surface area contributed by atoms with E-state index in [0.717, 1.165) is 44.6 Å². The summed E-state index contributed by atoms with van der Waals surface area (Å²) in [5.41, 5.74) is 1.30. The summed E-state index contributed by atoms with van der Waals surface area (Å²) in [4.78, 5) is 13.2. The number of aromatic carboxylic acids is 1. The molecule has 5 nitrogen and oxygen atoms in total. The summed E-state index contributed by atoms with van der Waals surface area (Å²) in [5.74, 6) is -0.888. The lowest BCUT2D eigenvalue weighted by Gasteiger charge is -2.28. The van der Waals surface area contributed by atoms with Gasteiger partial charge in [0, 0.05) is 33.4 Å². The van der Waals surface area contributed by atoms with Crippen molar-refractivity contribution in [2.75, 3.05) is 26.8 Å². The SMILES string of the molecule is CO[C@H]1CN(Cc2ccc(C(=O)O)cc2)C[C@@]12CCCO2. The van der Waals surface area contributed by atoms with Crippen LogP contribution in [-0.2, 0) is 16.0 Å². The molecule has 0 aromatic heterocycles. The molecule has 0 radical (unpaired) electrons. The van der Waals surface area contributed by atoms with E-state index in [4.69, 9.17) is 14.6 Å². The number of methoxy groups -OCH3 is 1. The van der Waals surface area contributed by atoms with Crippen LogP contribution in [0.25, 0.3) is 0 Å². The van der Waals surface area contributed by atoms with Crippen LogP contribution in [0.5, 0.6) is 0 Å². The summed E-state index contributed by atoms with van der Waals surface area (Å²) in [6.45, 7) is 3.36. The first-order valence-corrected chi connectivity index (χ1v) is 7.34. The van der Waals surface area contributed by atoms with Crippen molar-refractivity contribution in [1.82, 2.24) is 4.90 Å². The second-order valence-corrected chi connectivity index (χ2v) is 5.91. The summed E-state index contributed by atoms with van der Waals surface area (Å²) < 4.78 is 11.6. The van der Waals surface area contributed by atoms with Crippen molar-refractivity contribution < 1.29 is 19.4 Å². The molecule has 0 unspecified atom stereocenters. The number of hydrogen-bond acceptors (Lipinski definition) is 4. The van der Waals surface area contributed by atoms with Crippen molar-refractivity contribution in [3.63, 3.8) is 0 Å². The minimum absolute atomic E-state index is 0.123. The summed E-state index contributed by atoms with van der Waals surface area (Å²) >= 11 is 0. The highest BCUT2D eigenvalue weighted by atomic mass is 16.6. The smallest absolute Gasteiger partial charge is 0.335 e. The molecule has 2 saturated heterocycles. The van der Waals surface area contributed by atoms with Crippen LogP contribution in [-0.4, -0.2) is 54.5 Å². The average molecular weight is 291 g/mol. The van der Waals surface area contributed by atoms with Crippen LogP contribution in [0.3, 0.4) is 0 Å². The van der Waals surface area contributed by atoms with E-state index in [0.29, 0.717) is 5.56 Å². The highest BCUT2D eigenvalue weighted by molar-refractivity contribution is 5.87. The van der Waals surface area contributed by atoms with Crippen molar-refractivity contribution in [3.05, 3.63) is 35.4 Å². The lowest BCUT2D eigenvalue weighted by molar-refractivity contribution is -0.0756. The van der Waals surface area contributed by atoms with E-state index in [1.807, 2.05) is 12.1 Å². The molecule has 0 saturated carbocycles. The van der Waals surface area contributed by atoms with Crippen LogP contribution in [0, 0.1) is 0 Å². The Morgan fingerprint density at radius 3 is 2.81 bits per heavy atom. The van der Waals surface area contributed by atoms with Gasteiger partial charge in [0.2, 0.25) is 0 Å². The van der Waals surface area contributed by atoms with Gasteiger partial charge in [-0.05, 0) is 30.5 Å². The van der Waals surface area contributed by atoms with Gasteiger partial charge in [-0.3, -0.25) is 4.90 Å². The average Bonchev–Trinajstić information content (AvgIpc) is 3.07. The maximum absolute atomic E-state index is 10.9. The molecule has 21 heavy (non-hydrogen) atoms. The van der Waals surface area contributed by atoms with Crippen molar-refractivity contribution in [1.29, 1.82) is 0 Å². The topological polar surface area (TPSA) is 59.0 Å². The number of likely N-dealkylation sites (tertiary alicyclic amines) is 1. The molecule has 2 aliphatic heterocycles. The zero-order valence-electron chi connectivity index (χ0n) is 12.2. The van der Waals surface area contributed by atoms with Crippen molar-refractivity contribution in [2.24, 2.45) is 0 Å². The molecule has 0 amide bonds. The molecule has 2 heterocycles. The van der Waals surface area contributed by atoms with Crippen LogP contribution in [0.1, 0.15) is 28.8 Å². The third-order valence-corrected chi connectivity index (χ3v) is 4.53. The Bertz CT molecular complexity index is 508. The van der Waals surface area contributed by atoms with Crippen LogP contribution in [0.2, 0.25) is 0 Å². The van der Waals surface area contributed by atoms with Gasteiger partial charge in [-0.1, -0.05) is 12.1 Å². The third kappa shape index (κ3) is 2.81. The largest absolute Gasteiger partial charge is 0.478 e. The molecule has 1 N–H and O–H groups in total. The number of ether oxygens (including phenoxy) is 2. The monoisotopic (exact) mass is 291 g/mol. The molecule has 5 heteroatoms. The Morgan fingerprint density at radius 1 is 1.48 bits per heavy atom. The predicted molar refractivity (Wildman–Crippen MR) is 77.4 cm³/mol. The number of benzene rings is 1. The normalized spacial score (nSPS) is 29.3. The van der Waals surface area contributed by atoms with E-state index in [-0.39, 0.29) is 11.7 Å². The van der Waals surface area contributed by atoms with Crippen molar-refractivity contribution >= 4 is 5.97 Å². The van der Waals surface area contributed by atoms with E-state index < -0.39 is 5.97 Å². The van der Waals surface area contributed by atoms with Gasteiger partial charge in [-0.2, -0.15) is 0 Å². The third-order valence-electron chi connectivity index (χ3n) is 4.53. The van der Waals surface area contributed by atoms with Crippen molar-refractivity contribution in [2.45, 2.75) is 31.1 Å². The molecule has 1 aromatic carbocycles. The van der Waals surface area contributed by atoms with Gasteiger partial charge in [-0.15, -0.1) is 0 Å². The minimum Gasteiger partial charge on any atom is -0.478 e. The molecule has 1 aromatic rings.